The third kappa shape index (κ3) is 3.80. The number of pyridine rings is 1. The molecule has 1 N–H and O–H groups in total. The summed E-state index contributed by atoms with van der Waals surface area (Å²) in [7, 11) is 0. The highest BCUT2D eigenvalue weighted by atomic mass is 19.3. The van der Waals surface area contributed by atoms with Crippen molar-refractivity contribution in [1.29, 1.82) is 0 Å². The summed E-state index contributed by atoms with van der Waals surface area (Å²) >= 11 is 0. The molecule has 5 nitrogen and oxygen atoms in total. The van der Waals surface area contributed by atoms with Gasteiger partial charge in [-0.2, -0.15) is 5.10 Å². The van der Waals surface area contributed by atoms with Gasteiger partial charge < -0.3 is 5.32 Å². The van der Waals surface area contributed by atoms with E-state index in [9.17, 15) is 26.7 Å². The molecule has 0 spiro atoms. The van der Waals surface area contributed by atoms with Gasteiger partial charge in [-0.3, -0.25) is 4.79 Å². The number of fused-ring (bicyclic) bond motifs is 1. The smallest absolute Gasteiger partial charge is 0.280 e. The van der Waals surface area contributed by atoms with Crippen molar-refractivity contribution in [2.75, 3.05) is 5.32 Å². The van der Waals surface area contributed by atoms with E-state index in [0.29, 0.717) is 11.6 Å². The van der Waals surface area contributed by atoms with Gasteiger partial charge in [0.2, 0.25) is 5.91 Å². The topological polar surface area (TPSA) is 59.8 Å². The lowest BCUT2D eigenvalue weighted by Gasteiger charge is -2.09. The summed E-state index contributed by atoms with van der Waals surface area (Å²) < 4.78 is 67.3. The average molecular weight is 398 g/mol. The maximum absolute atomic E-state index is 13.6. The van der Waals surface area contributed by atoms with Crippen molar-refractivity contribution < 1.29 is 26.7 Å². The normalized spacial score (nSPS) is 11.6. The maximum atomic E-state index is 13.6. The summed E-state index contributed by atoms with van der Waals surface area (Å²) in [5.74, 6) is -1.15. The summed E-state index contributed by atoms with van der Waals surface area (Å²) in [6.45, 7) is 2.51. The van der Waals surface area contributed by atoms with Crippen LogP contribution in [0.3, 0.4) is 0 Å². The number of aromatic nitrogens is 3. The molecule has 0 aliphatic rings. The number of carbonyl (C=O) groups excluding carboxylic acids is 1. The molecular formula is C18H15F5N4O. The fourth-order valence-electron chi connectivity index (χ4n) is 2.81. The zero-order valence-corrected chi connectivity index (χ0v) is 14.8. The second-order valence-corrected chi connectivity index (χ2v) is 6.19. The third-order valence-corrected chi connectivity index (χ3v) is 4.14. The van der Waals surface area contributed by atoms with Crippen molar-refractivity contribution in [2.24, 2.45) is 0 Å². The van der Waals surface area contributed by atoms with Crippen molar-refractivity contribution in [3.05, 3.63) is 52.6 Å². The number of nitrogens with zero attached hydrogens (tertiary/aromatic N) is 3. The first-order valence-electron chi connectivity index (χ1n) is 8.17. The third-order valence-electron chi connectivity index (χ3n) is 4.14. The van der Waals surface area contributed by atoms with Gasteiger partial charge in [0.05, 0.1) is 11.1 Å². The summed E-state index contributed by atoms with van der Waals surface area (Å²) in [4.78, 5) is 16.0. The molecule has 0 atom stereocenters. The number of benzene rings is 1. The van der Waals surface area contributed by atoms with Crippen LogP contribution in [0.15, 0.2) is 24.3 Å². The van der Waals surface area contributed by atoms with E-state index in [-0.39, 0.29) is 22.4 Å². The van der Waals surface area contributed by atoms with Crippen molar-refractivity contribution in [1.82, 2.24) is 14.8 Å². The Labute approximate surface area is 156 Å². The first-order valence-corrected chi connectivity index (χ1v) is 8.17. The lowest BCUT2D eigenvalue weighted by atomic mass is 10.1. The minimum Gasteiger partial charge on any atom is -0.324 e. The van der Waals surface area contributed by atoms with Gasteiger partial charge in [0.25, 0.3) is 12.9 Å². The molecule has 148 valence electrons. The molecule has 0 radical (unpaired) electrons. The van der Waals surface area contributed by atoms with Crippen molar-refractivity contribution in [3.63, 3.8) is 0 Å². The average Bonchev–Trinajstić information content (AvgIpc) is 2.93. The molecule has 2 aromatic heterocycles. The highest BCUT2D eigenvalue weighted by Gasteiger charge is 2.24. The largest absolute Gasteiger partial charge is 0.324 e. The molecule has 2 heterocycles. The Hall–Kier alpha value is -3.04. The van der Waals surface area contributed by atoms with Crippen LogP contribution in [0, 0.1) is 19.7 Å². The van der Waals surface area contributed by atoms with Gasteiger partial charge in [-0.15, -0.1) is 0 Å². The first kappa shape index (κ1) is 19.7. The molecule has 0 aliphatic heterocycles. The van der Waals surface area contributed by atoms with E-state index in [0.717, 1.165) is 10.7 Å². The van der Waals surface area contributed by atoms with Crippen LogP contribution < -0.4 is 5.32 Å². The second-order valence-electron chi connectivity index (χ2n) is 6.19. The van der Waals surface area contributed by atoms with E-state index in [1.165, 1.54) is 19.1 Å². The SMILES string of the molecule is Cc1ccc(NC(=O)Cn2nc(C)c3c(C(F)F)cc(C(F)F)nc32)cc1F. The predicted octanol–water partition coefficient (Wildman–Crippen LogP) is 4.70. The molecule has 3 rings (SSSR count). The van der Waals surface area contributed by atoms with Gasteiger partial charge in [0, 0.05) is 11.3 Å². The molecule has 3 aromatic rings. The van der Waals surface area contributed by atoms with E-state index >= 15 is 0 Å². The van der Waals surface area contributed by atoms with Crippen molar-refractivity contribution >= 4 is 22.6 Å². The van der Waals surface area contributed by atoms with Gasteiger partial charge >= 0.3 is 0 Å². The minimum atomic E-state index is -3.06. The Bertz CT molecular complexity index is 1050. The molecule has 0 saturated carbocycles. The van der Waals surface area contributed by atoms with Crippen LogP contribution in [0.25, 0.3) is 11.0 Å². The van der Waals surface area contributed by atoms with Crippen LogP contribution in [-0.4, -0.2) is 20.7 Å². The van der Waals surface area contributed by atoms with Gasteiger partial charge in [0.15, 0.2) is 5.65 Å². The fraction of sp³-hybridized carbons (Fsp3) is 0.278. The Morgan fingerprint density at radius 1 is 1.14 bits per heavy atom. The van der Waals surface area contributed by atoms with Gasteiger partial charge in [-0.05, 0) is 37.6 Å². The maximum Gasteiger partial charge on any atom is 0.280 e. The number of anilines is 1. The molecule has 0 bridgehead atoms. The molecular weight excluding hydrogens is 383 g/mol. The number of halogens is 5. The first-order chi connectivity index (χ1) is 13.2. The van der Waals surface area contributed by atoms with Crippen LogP contribution in [0.1, 0.15) is 35.4 Å². The quantitative estimate of drug-likeness (QED) is 0.634. The van der Waals surface area contributed by atoms with Gasteiger partial charge in [-0.1, -0.05) is 6.07 Å². The number of amides is 1. The molecule has 1 aromatic carbocycles. The fourth-order valence-corrected chi connectivity index (χ4v) is 2.81. The van der Waals surface area contributed by atoms with E-state index in [1.807, 2.05) is 0 Å². The number of nitrogens with one attached hydrogen (secondary N) is 1. The van der Waals surface area contributed by atoms with Crippen LogP contribution >= 0.6 is 0 Å². The molecule has 0 saturated heterocycles. The lowest BCUT2D eigenvalue weighted by Crippen LogP contribution is -2.20. The van der Waals surface area contributed by atoms with Crippen molar-refractivity contribution in [3.8, 4) is 0 Å². The summed E-state index contributed by atoms with van der Waals surface area (Å²) in [5.41, 5.74) is -0.968. The summed E-state index contributed by atoms with van der Waals surface area (Å²) in [5, 5.41) is 6.36. The molecule has 0 unspecified atom stereocenters. The number of alkyl halides is 4. The van der Waals surface area contributed by atoms with E-state index in [4.69, 9.17) is 0 Å². The van der Waals surface area contributed by atoms with Gasteiger partial charge in [-0.25, -0.2) is 31.6 Å². The molecule has 0 aliphatic carbocycles. The Morgan fingerprint density at radius 2 is 1.86 bits per heavy atom. The number of hydrogen-bond donors (Lipinski definition) is 1. The highest BCUT2D eigenvalue weighted by Crippen LogP contribution is 2.32. The lowest BCUT2D eigenvalue weighted by molar-refractivity contribution is -0.116. The van der Waals surface area contributed by atoms with Crippen LogP contribution in [0.2, 0.25) is 0 Å². The number of carbonyl (C=O) groups is 1. The van der Waals surface area contributed by atoms with Crippen molar-refractivity contribution in [2.45, 2.75) is 33.2 Å². The molecule has 28 heavy (non-hydrogen) atoms. The van der Waals surface area contributed by atoms with E-state index < -0.39 is 42.4 Å². The highest BCUT2D eigenvalue weighted by molar-refractivity contribution is 5.92. The second kappa shape index (κ2) is 7.53. The van der Waals surface area contributed by atoms with E-state index in [1.54, 1.807) is 6.92 Å². The summed E-state index contributed by atoms with van der Waals surface area (Å²) in [6.07, 6.45) is -6.07. The number of rotatable bonds is 5. The zero-order valence-electron chi connectivity index (χ0n) is 14.8. The van der Waals surface area contributed by atoms with E-state index in [2.05, 4.69) is 15.4 Å². The Morgan fingerprint density at radius 3 is 2.46 bits per heavy atom. The standard InChI is InChI=1S/C18H15F5N4O/c1-8-3-4-10(5-12(8)19)24-14(28)7-27-18-15(9(2)26-27)11(16(20)21)6-13(25-18)17(22)23/h3-6,16-17H,7H2,1-2H3,(H,24,28). The minimum absolute atomic E-state index is 0.0754. The zero-order chi connectivity index (χ0) is 20.6. The monoisotopic (exact) mass is 398 g/mol. The Balaban J connectivity index is 1.96. The number of aryl methyl sites for hydroxylation is 2. The molecule has 10 heteroatoms. The van der Waals surface area contributed by atoms with Crippen LogP contribution in [0.4, 0.5) is 27.6 Å². The van der Waals surface area contributed by atoms with Gasteiger partial charge in [0.1, 0.15) is 18.1 Å². The number of hydrogen-bond acceptors (Lipinski definition) is 3. The summed E-state index contributed by atoms with van der Waals surface area (Å²) in [6, 6.07) is 4.74. The Kier molecular flexibility index (Phi) is 5.30. The molecule has 0 fully saturated rings. The predicted molar refractivity (Wildman–Crippen MR) is 91.9 cm³/mol. The van der Waals surface area contributed by atoms with Crippen LogP contribution in [-0.2, 0) is 11.3 Å². The molecule has 1 amide bonds. The van der Waals surface area contributed by atoms with Crippen LogP contribution in [0.5, 0.6) is 0 Å².